The van der Waals surface area contributed by atoms with Gasteiger partial charge in [-0.15, -0.1) is 0 Å². The SMILES string of the molecule is Cc1oc(-c2ccccc2)nc1CC(=O)Nc1cc(=O)n(C)c(=O)n1C. The van der Waals surface area contributed by atoms with Gasteiger partial charge >= 0.3 is 5.69 Å². The molecule has 0 spiro atoms. The van der Waals surface area contributed by atoms with Gasteiger partial charge in [0.25, 0.3) is 5.56 Å². The lowest BCUT2D eigenvalue weighted by molar-refractivity contribution is -0.115. The smallest absolute Gasteiger partial charge is 0.332 e. The summed E-state index contributed by atoms with van der Waals surface area (Å²) in [5, 5.41) is 2.57. The minimum Gasteiger partial charge on any atom is -0.441 e. The summed E-state index contributed by atoms with van der Waals surface area (Å²) < 4.78 is 7.79. The molecule has 0 unspecified atom stereocenters. The zero-order valence-electron chi connectivity index (χ0n) is 14.6. The normalized spacial score (nSPS) is 10.7. The van der Waals surface area contributed by atoms with Gasteiger partial charge in [-0.2, -0.15) is 0 Å². The molecular weight excluding hydrogens is 336 g/mol. The zero-order valence-corrected chi connectivity index (χ0v) is 14.6. The number of carbonyl (C=O) groups is 1. The molecule has 3 aromatic rings. The maximum Gasteiger partial charge on any atom is 0.332 e. The van der Waals surface area contributed by atoms with Crippen molar-refractivity contribution in [1.29, 1.82) is 0 Å². The molecule has 3 rings (SSSR count). The number of nitrogens with one attached hydrogen (secondary N) is 1. The lowest BCUT2D eigenvalue weighted by Gasteiger charge is -2.10. The molecule has 1 N–H and O–H groups in total. The van der Waals surface area contributed by atoms with E-state index in [2.05, 4.69) is 10.3 Å². The molecule has 2 aromatic heterocycles. The second kappa shape index (κ2) is 6.83. The van der Waals surface area contributed by atoms with Gasteiger partial charge in [0.2, 0.25) is 11.8 Å². The zero-order chi connectivity index (χ0) is 18.8. The molecule has 0 saturated carbocycles. The second-order valence-electron chi connectivity index (χ2n) is 5.88. The summed E-state index contributed by atoms with van der Waals surface area (Å²) in [4.78, 5) is 40.3. The fourth-order valence-electron chi connectivity index (χ4n) is 2.49. The maximum atomic E-state index is 12.3. The lowest BCUT2D eigenvalue weighted by atomic mass is 10.2. The molecular formula is C18H18N4O4. The predicted octanol–water partition coefficient (Wildman–Crippen LogP) is 1.23. The average molecular weight is 354 g/mol. The van der Waals surface area contributed by atoms with Crippen molar-refractivity contribution in [2.24, 2.45) is 14.1 Å². The minimum absolute atomic E-state index is 0.0361. The highest BCUT2D eigenvalue weighted by atomic mass is 16.4. The number of rotatable bonds is 4. The minimum atomic E-state index is -0.517. The number of anilines is 1. The van der Waals surface area contributed by atoms with Crippen LogP contribution in [0.5, 0.6) is 0 Å². The topological polar surface area (TPSA) is 99.1 Å². The third kappa shape index (κ3) is 3.34. The first-order valence-corrected chi connectivity index (χ1v) is 7.95. The lowest BCUT2D eigenvalue weighted by Crippen LogP contribution is -2.38. The van der Waals surface area contributed by atoms with Crippen LogP contribution >= 0.6 is 0 Å². The third-order valence-electron chi connectivity index (χ3n) is 4.03. The number of amides is 1. The van der Waals surface area contributed by atoms with Crippen LogP contribution < -0.4 is 16.6 Å². The van der Waals surface area contributed by atoms with Crippen LogP contribution in [-0.4, -0.2) is 20.0 Å². The number of oxazole rings is 1. The van der Waals surface area contributed by atoms with E-state index in [0.29, 0.717) is 17.3 Å². The van der Waals surface area contributed by atoms with E-state index in [0.717, 1.165) is 10.1 Å². The number of aryl methyl sites for hydroxylation is 1. The fraction of sp³-hybridized carbons (Fsp3) is 0.222. The number of nitrogens with zero attached hydrogens (tertiary/aromatic N) is 3. The average Bonchev–Trinajstić information content (AvgIpc) is 2.99. The molecule has 0 aliphatic rings. The van der Waals surface area contributed by atoms with Gasteiger partial charge in [0.15, 0.2) is 0 Å². The van der Waals surface area contributed by atoms with Crippen LogP contribution in [0.3, 0.4) is 0 Å². The molecule has 8 heteroatoms. The molecule has 0 bridgehead atoms. The van der Waals surface area contributed by atoms with Crippen LogP contribution in [0.2, 0.25) is 0 Å². The molecule has 0 saturated heterocycles. The summed E-state index contributed by atoms with van der Waals surface area (Å²) in [5.41, 5.74) is 0.301. The van der Waals surface area contributed by atoms with E-state index >= 15 is 0 Å². The number of aromatic nitrogens is 3. The van der Waals surface area contributed by atoms with Crippen LogP contribution in [0.15, 0.2) is 50.4 Å². The molecule has 134 valence electrons. The van der Waals surface area contributed by atoms with E-state index in [1.165, 1.54) is 24.7 Å². The van der Waals surface area contributed by atoms with Crippen LogP contribution in [0.25, 0.3) is 11.5 Å². The Kier molecular flexibility index (Phi) is 4.57. The monoisotopic (exact) mass is 354 g/mol. The van der Waals surface area contributed by atoms with Crippen molar-refractivity contribution >= 4 is 11.7 Å². The Balaban J connectivity index is 1.81. The molecule has 2 heterocycles. The van der Waals surface area contributed by atoms with Crippen molar-refractivity contribution in [3.05, 3.63) is 68.7 Å². The van der Waals surface area contributed by atoms with Gasteiger partial charge in [-0.25, -0.2) is 9.78 Å². The highest BCUT2D eigenvalue weighted by molar-refractivity contribution is 5.91. The third-order valence-corrected chi connectivity index (χ3v) is 4.03. The molecule has 26 heavy (non-hydrogen) atoms. The molecule has 0 aliphatic carbocycles. The van der Waals surface area contributed by atoms with E-state index < -0.39 is 17.2 Å². The first-order valence-electron chi connectivity index (χ1n) is 7.95. The van der Waals surface area contributed by atoms with E-state index in [9.17, 15) is 14.4 Å². The summed E-state index contributed by atoms with van der Waals surface area (Å²) in [6.07, 6.45) is -0.0361. The molecule has 0 fully saturated rings. The van der Waals surface area contributed by atoms with Gasteiger partial charge in [0, 0.05) is 25.7 Å². The summed E-state index contributed by atoms with van der Waals surface area (Å²) in [7, 11) is 2.85. The summed E-state index contributed by atoms with van der Waals surface area (Å²) >= 11 is 0. The molecule has 0 aliphatic heterocycles. The quantitative estimate of drug-likeness (QED) is 0.760. The highest BCUT2D eigenvalue weighted by Crippen LogP contribution is 2.21. The Morgan fingerprint density at radius 2 is 1.85 bits per heavy atom. The summed E-state index contributed by atoms with van der Waals surface area (Å²) in [5.74, 6) is 0.709. The second-order valence-corrected chi connectivity index (χ2v) is 5.88. The largest absolute Gasteiger partial charge is 0.441 e. The van der Waals surface area contributed by atoms with Gasteiger partial charge in [-0.3, -0.25) is 18.7 Å². The predicted molar refractivity (Wildman–Crippen MR) is 95.9 cm³/mol. The maximum absolute atomic E-state index is 12.3. The molecule has 0 radical (unpaired) electrons. The Morgan fingerprint density at radius 3 is 2.54 bits per heavy atom. The first-order chi connectivity index (χ1) is 12.4. The highest BCUT2D eigenvalue weighted by Gasteiger charge is 2.16. The van der Waals surface area contributed by atoms with Crippen molar-refractivity contribution in [1.82, 2.24) is 14.1 Å². The number of benzene rings is 1. The van der Waals surface area contributed by atoms with Crippen molar-refractivity contribution in [3.8, 4) is 11.5 Å². The number of hydrogen-bond donors (Lipinski definition) is 1. The molecule has 1 aromatic carbocycles. The summed E-state index contributed by atoms with van der Waals surface area (Å²) in [6, 6.07) is 10.6. The van der Waals surface area contributed by atoms with Gasteiger partial charge in [-0.1, -0.05) is 18.2 Å². The van der Waals surface area contributed by atoms with Crippen LogP contribution in [0, 0.1) is 6.92 Å². The first kappa shape index (κ1) is 17.4. The van der Waals surface area contributed by atoms with E-state index in [-0.39, 0.29) is 12.2 Å². The number of hydrogen-bond acceptors (Lipinski definition) is 5. The van der Waals surface area contributed by atoms with Gasteiger partial charge in [-0.05, 0) is 19.1 Å². The Labute approximate surface area is 148 Å². The molecule has 0 atom stereocenters. The van der Waals surface area contributed by atoms with Crippen molar-refractivity contribution < 1.29 is 9.21 Å². The Morgan fingerprint density at radius 1 is 1.15 bits per heavy atom. The van der Waals surface area contributed by atoms with Crippen LogP contribution in [0.4, 0.5) is 5.82 Å². The van der Waals surface area contributed by atoms with Crippen LogP contribution in [-0.2, 0) is 25.3 Å². The van der Waals surface area contributed by atoms with Crippen molar-refractivity contribution in [2.45, 2.75) is 13.3 Å². The Hall–Kier alpha value is -3.42. The molecule has 8 nitrogen and oxygen atoms in total. The number of carbonyl (C=O) groups excluding carboxylic acids is 1. The van der Waals surface area contributed by atoms with Crippen LogP contribution in [0.1, 0.15) is 11.5 Å². The van der Waals surface area contributed by atoms with Crippen molar-refractivity contribution in [3.63, 3.8) is 0 Å². The van der Waals surface area contributed by atoms with Crippen molar-refractivity contribution in [2.75, 3.05) is 5.32 Å². The van der Waals surface area contributed by atoms with Gasteiger partial charge in [0.05, 0.1) is 12.1 Å². The van der Waals surface area contributed by atoms with E-state index in [4.69, 9.17) is 4.42 Å². The molecule has 1 amide bonds. The fourth-order valence-corrected chi connectivity index (χ4v) is 2.49. The standard InChI is InChI=1S/C18H18N4O4/c1-11-13(19-17(26-11)12-7-5-4-6-8-12)9-15(23)20-14-10-16(24)22(3)18(25)21(14)2/h4-8,10H,9H2,1-3H3,(H,20,23). The summed E-state index contributed by atoms with van der Waals surface area (Å²) in [6.45, 7) is 1.73. The van der Waals surface area contributed by atoms with E-state index in [1.807, 2.05) is 30.3 Å². The van der Waals surface area contributed by atoms with Gasteiger partial charge < -0.3 is 9.73 Å². The Bertz CT molecular complexity index is 1080. The van der Waals surface area contributed by atoms with E-state index in [1.54, 1.807) is 6.92 Å². The van der Waals surface area contributed by atoms with Gasteiger partial charge in [0.1, 0.15) is 11.6 Å².